The van der Waals surface area contributed by atoms with Crippen molar-refractivity contribution in [2.75, 3.05) is 26.7 Å². The van der Waals surface area contributed by atoms with Crippen LogP contribution in [0.1, 0.15) is 37.8 Å². The zero-order valence-corrected chi connectivity index (χ0v) is 13.0. The van der Waals surface area contributed by atoms with Crippen molar-refractivity contribution in [3.05, 3.63) is 35.9 Å². The van der Waals surface area contributed by atoms with Crippen molar-refractivity contribution in [1.29, 1.82) is 0 Å². The van der Waals surface area contributed by atoms with Gasteiger partial charge in [0.1, 0.15) is 0 Å². The van der Waals surface area contributed by atoms with E-state index in [4.69, 9.17) is 5.11 Å². The van der Waals surface area contributed by atoms with Crippen LogP contribution in [0.5, 0.6) is 0 Å². The van der Waals surface area contributed by atoms with E-state index in [0.29, 0.717) is 12.1 Å². The van der Waals surface area contributed by atoms with Crippen LogP contribution in [0.4, 0.5) is 0 Å². The van der Waals surface area contributed by atoms with E-state index < -0.39 is 5.97 Å². The summed E-state index contributed by atoms with van der Waals surface area (Å²) in [6, 6.07) is 11.4. The Morgan fingerprint density at radius 1 is 1.33 bits per heavy atom. The molecular formula is C17H26N2O2. The third-order valence-electron chi connectivity index (χ3n) is 4.57. The maximum absolute atomic E-state index is 10.8. The monoisotopic (exact) mass is 290 g/mol. The van der Waals surface area contributed by atoms with Gasteiger partial charge < -0.3 is 5.11 Å². The van der Waals surface area contributed by atoms with Gasteiger partial charge in [0.05, 0.1) is 6.54 Å². The Morgan fingerprint density at radius 2 is 2.05 bits per heavy atom. The van der Waals surface area contributed by atoms with Crippen LogP contribution in [-0.4, -0.2) is 53.6 Å². The SMILES string of the molecule is CC(c1ccccc1)N1CCCC(N(C)CC(=O)O)CC1. The molecule has 1 fully saturated rings. The molecule has 0 bridgehead atoms. The molecule has 0 aromatic heterocycles. The predicted octanol–water partition coefficient (Wildman–Crippen LogP) is 2.62. The standard InChI is InChI=1S/C17H26N2O2/c1-14(15-7-4-3-5-8-15)19-11-6-9-16(10-12-19)18(2)13-17(20)21/h3-5,7-8,14,16H,6,9-13H2,1-2H3,(H,20,21). The van der Waals surface area contributed by atoms with Gasteiger partial charge in [-0.05, 0) is 45.3 Å². The number of hydrogen-bond donors (Lipinski definition) is 1. The average Bonchev–Trinajstić information content (AvgIpc) is 2.72. The Hall–Kier alpha value is -1.39. The van der Waals surface area contributed by atoms with E-state index in [1.54, 1.807) is 0 Å². The normalized spacial score (nSPS) is 22.0. The minimum absolute atomic E-state index is 0.138. The second kappa shape index (κ2) is 7.57. The van der Waals surface area contributed by atoms with Crippen LogP contribution in [0, 0.1) is 0 Å². The van der Waals surface area contributed by atoms with Crippen molar-refractivity contribution in [3.63, 3.8) is 0 Å². The Bertz CT molecular complexity index is 449. The van der Waals surface area contributed by atoms with Gasteiger partial charge in [-0.2, -0.15) is 0 Å². The van der Waals surface area contributed by atoms with Gasteiger partial charge in [0.2, 0.25) is 0 Å². The highest BCUT2D eigenvalue weighted by molar-refractivity contribution is 5.69. The van der Waals surface area contributed by atoms with Gasteiger partial charge in [-0.15, -0.1) is 0 Å². The molecule has 2 atom stereocenters. The maximum Gasteiger partial charge on any atom is 0.317 e. The molecule has 1 aromatic carbocycles. The molecule has 2 unspecified atom stereocenters. The lowest BCUT2D eigenvalue weighted by Gasteiger charge is -2.29. The smallest absolute Gasteiger partial charge is 0.317 e. The third kappa shape index (κ3) is 4.55. The van der Waals surface area contributed by atoms with Crippen LogP contribution < -0.4 is 0 Å². The van der Waals surface area contributed by atoms with Gasteiger partial charge in [-0.1, -0.05) is 30.3 Å². The lowest BCUT2D eigenvalue weighted by Crippen LogP contribution is -2.36. The van der Waals surface area contributed by atoms with Crippen molar-refractivity contribution < 1.29 is 9.90 Å². The van der Waals surface area contributed by atoms with Gasteiger partial charge >= 0.3 is 5.97 Å². The quantitative estimate of drug-likeness (QED) is 0.905. The summed E-state index contributed by atoms with van der Waals surface area (Å²) < 4.78 is 0. The van der Waals surface area contributed by atoms with E-state index in [1.165, 1.54) is 5.56 Å². The fourth-order valence-corrected chi connectivity index (χ4v) is 3.21. The first kappa shape index (κ1) is 16.0. The highest BCUT2D eigenvalue weighted by atomic mass is 16.4. The van der Waals surface area contributed by atoms with Gasteiger partial charge in [0.15, 0.2) is 0 Å². The Labute approximate surface area is 127 Å². The Morgan fingerprint density at radius 3 is 2.71 bits per heavy atom. The maximum atomic E-state index is 10.8. The molecule has 1 heterocycles. The molecule has 1 saturated heterocycles. The Kier molecular flexibility index (Phi) is 5.76. The molecule has 2 rings (SSSR count). The predicted molar refractivity (Wildman–Crippen MR) is 84.3 cm³/mol. The number of hydrogen-bond acceptors (Lipinski definition) is 3. The van der Waals surface area contributed by atoms with Gasteiger partial charge in [-0.3, -0.25) is 14.6 Å². The van der Waals surface area contributed by atoms with E-state index in [0.717, 1.165) is 32.4 Å². The molecule has 0 spiro atoms. The fourth-order valence-electron chi connectivity index (χ4n) is 3.21. The molecule has 4 nitrogen and oxygen atoms in total. The zero-order chi connectivity index (χ0) is 15.2. The number of carbonyl (C=O) groups is 1. The first-order valence-electron chi connectivity index (χ1n) is 7.79. The Balaban J connectivity index is 1.93. The summed E-state index contributed by atoms with van der Waals surface area (Å²) >= 11 is 0. The highest BCUT2D eigenvalue weighted by Gasteiger charge is 2.24. The van der Waals surface area contributed by atoms with Crippen molar-refractivity contribution in [2.45, 2.75) is 38.3 Å². The summed E-state index contributed by atoms with van der Waals surface area (Å²) in [7, 11) is 1.93. The number of aliphatic carboxylic acids is 1. The third-order valence-corrected chi connectivity index (χ3v) is 4.57. The summed E-state index contributed by atoms with van der Waals surface area (Å²) in [4.78, 5) is 15.3. The topological polar surface area (TPSA) is 43.8 Å². The molecule has 1 aromatic rings. The van der Waals surface area contributed by atoms with Crippen molar-refractivity contribution in [3.8, 4) is 0 Å². The number of likely N-dealkylation sites (tertiary alicyclic amines) is 1. The second-order valence-corrected chi connectivity index (χ2v) is 6.02. The number of rotatable bonds is 5. The lowest BCUT2D eigenvalue weighted by atomic mass is 10.1. The highest BCUT2D eigenvalue weighted by Crippen LogP contribution is 2.24. The van der Waals surface area contributed by atoms with Gasteiger partial charge in [-0.25, -0.2) is 0 Å². The average molecular weight is 290 g/mol. The largest absolute Gasteiger partial charge is 0.480 e. The van der Waals surface area contributed by atoms with E-state index in [1.807, 2.05) is 11.9 Å². The fraction of sp³-hybridized carbons (Fsp3) is 0.588. The summed E-state index contributed by atoms with van der Waals surface area (Å²) in [5.74, 6) is -0.740. The number of carboxylic acid groups (broad SMARTS) is 1. The van der Waals surface area contributed by atoms with Gasteiger partial charge in [0.25, 0.3) is 0 Å². The molecule has 1 aliphatic rings. The van der Waals surface area contributed by atoms with Crippen LogP contribution in [0.15, 0.2) is 30.3 Å². The number of likely N-dealkylation sites (N-methyl/N-ethyl adjacent to an activating group) is 1. The summed E-state index contributed by atoms with van der Waals surface area (Å²) in [5.41, 5.74) is 1.36. The lowest BCUT2D eigenvalue weighted by molar-refractivity contribution is -0.138. The van der Waals surface area contributed by atoms with Crippen LogP contribution in [-0.2, 0) is 4.79 Å². The molecule has 116 valence electrons. The molecule has 0 aliphatic carbocycles. The molecule has 0 amide bonds. The molecular weight excluding hydrogens is 264 g/mol. The second-order valence-electron chi connectivity index (χ2n) is 6.02. The zero-order valence-electron chi connectivity index (χ0n) is 13.0. The first-order valence-corrected chi connectivity index (χ1v) is 7.79. The van der Waals surface area contributed by atoms with E-state index in [2.05, 4.69) is 42.2 Å². The summed E-state index contributed by atoms with van der Waals surface area (Å²) in [5, 5.41) is 8.92. The van der Waals surface area contributed by atoms with E-state index >= 15 is 0 Å². The van der Waals surface area contributed by atoms with E-state index in [-0.39, 0.29) is 6.54 Å². The molecule has 4 heteroatoms. The van der Waals surface area contributed by atoms with Crippen LogP contribution in [0.2, 0.25) is 0 Å². The van der Waals surface area contributed by atoms with Crippen LogP contribution >= 0.6 is 0 Å². The molecule has 0 radical (unpaired) electrons. The van der Waals surface area contributed by atoms with Crippen LogP contribution in [0.25, 0.3) is 0 Å². The van der Waals surface area contributed by atoms with Crippen molar-refractivity contribution in [1.82, 2.24) is 9.80 Å². The van der Waals surface area contributed by atoms with Crippen molar-refractivity contribution >= 4 is 5.97 Å². The van der Waals surface area contributed by atoms with E-state index in [9.17, 15) is 4.79 Å². The number of nitrogens with zero attached hydrogens (tertiary/aromatic N) is 2. The number of benzene rings is 1. The molecule has 21 heavy (non-hydrogen) atoms. The summed E-state index contributed by atoms with van der Waals surface area (Å²) in [6.07, 6.45) is 3.26. The summed E-state index contributed by atoms with van der Waals surface area (Å²) in [6.45, 7) is 4.52. The first-order chi connectivity index (χ1) is 10.1. The molecule has 1 N–H and O–H groups in total. The van der Waals surface area contributed by atoms with Crippen molar-refractivity contribution in [2.24, 2.45) is 0 Å². The van der Waals surface area contributed by atoms with Gasteiger partial charge in [0, 0.05) is 18.6 Å². The number of carboxylic acids is 1. The minimum atomic E-state index is -0.740. The molecule has 0 saturated carbocycles. The molecule has 1 aliphatic heterocycles. The minimum Gasteiger partial charge on any atom is -0.480 e. The van der Waals surface area contributed by atoms with Crippen LogP contribution in [0.3, 0.4) is 0 Å².